The van der Waals surface area contributed by atoms with Gasteiger partial charge >= 0.3 is 5.97 Å². The van der Waals surface area contributed by atoms with Gasteiger partial charge in [-0.05, 0) is 57.3 Å². The number of hydrogen-bond donors (Lipinski definition) is 1. The minimum atomic E-state index is -0.706. The molecule has 0 atom stereocenters. The lowest BCUT2D eigenvalue weighted by Gasteiger charge is -2.25. The van der Waals surface area contributed by atoms with Crippen LogP contribution in [0, 0.1) is 5.41 Å². The minimum Gasteiger partial charge on any atom is -0.481 e. The third-order valence-electron chi connectivity index (χ3n) is 4.06. The predicted octanol–water partition coefficient (Wildman–Crippen LogP) is 2.94. The molecule has 3 heteroatoms. The molecule has 1 aliphatic heterocycles. The van der Waals surface area contributed by atoms with Gasteiger partial charge in [0.05, 0.1) is 5.41 Å². The Kier molecular flexibility index (Phi) is 4.25. The summed E-state index contributed by atoms with van der Waals surface area (Å²) in [7, 11) is 0. The summed E-state index contributed by atoms with van der Waals surface area (Å²) in [5, 5.41) is 9.17. The van der Waals surface area contributed by atoms with E-state index in [9.17, 15) is 4.79 Å². The number of fused-ring (bicyclic) bond motifs is 1. The van der Waals surface area contributed by atoms with Crippen molar-refractivity contribution in [2.24, 2.45) is 5.41 Å². The van der Waals surface area contributed by atoms with Gasteiger partial charge in [0.1, 0.15) is 0 Å². The maximum atomic E-state index is 11.1. The van der Waals surface area contributed by atoms with Gasteiger partial charge in [-0.25, -0.2) is 0 Å². The quantitative estimate of drug-likeness (QED) is 0.906. The van der Waals surface area contributed by atoms with E-state index < -0.39 is 11.4 Å². The third-order valence-corrected chi connectivity index (χ3v) is 4.06. The molecule has 1 aliphatic rings. The van der Waals surface area contributed by atoms with E-state index in [1.165, 1.54) is 11.1 Å². The number of aryl methyl sites for hydroxylation is 1. The standard InChI is InChI=1S/C16H23NO2/c1-16(2,15(18)19)9-11-17-10-5-8-13-6-3-4-7-14(13)12-17/h3-4,6-7H,5,8-12H2,1-2H3,(H,18,19). The highest BCUT2D eigenvalue weighted by atomic mass is 16.4. The Balaban J connectivity index is 1.98. The maximum absolute atomic E-state index is 11.1. The Morgan fingerprint density at radius 3 is 2.68 bits per heavy atom. The first-order valence-corrected chi connectivity index (χ1v) is 7.01. The first-order chi connectivity index (χ1) is 8.99. The van der Waals surface area contributed by atoms with Gasteiger partial charge in [-0.2, -0.15) is 0 Å². The number of rotatable bonds is 4. The Morgan fingerprint density at radius 1 is 1.32 bits per heavy atom. The highest BCUT2D eigenvalue weighted by Crippen LogP contribution is 2.23. The summed E-state index contributed by atoms with van der Waals surface area (Å²) < 4.78 is 0. The van der Waals surface area contributed by atoms with Crippen molar-refractivity contribution >= 4 is 5.97 Å². The normalized spacial score (nSPS) is 16.7. The molecule has 0 radical (unpaired) electrons. The molecule has 1 aromatic carbocycles. The van der Waals surface area contributed by atoms with E-state index in [0.717, 1.165) is 32.5 Å². The van der Waals surface area contributed by atoms with Crippen LogP contribution in [0.5, 0.6) is 0 Å². The van der Waals surface area contributed by atoms with Gasteiger partial charge < -0.3 is 5.11 Å². The fourth-order valence-corrected chi connectivity index (χ4v) is 2.50. The van der Waals surface area contributed by atoms with Crippen LogP contribution in [-0.2, 0) is 17.8 Å². The van der Waals surface area contributed by atoms with Gasteiger partial charge in [0.25, 0.3) is 0 Å². The van der Waals surface area contributed by atoms with Crippen LogP contribution >= 0.6 is 0 Å². The van der Waals surface area contributed by atoms with Gasteiger partial charge in [-0.15, -0.1) is 0 Å². The van der Waals surface area contributed by atoms with Crippen LogP contribution in [0.1, 0.15) is 37.8 Å². The number of carboxylic acid groups (broad SMARTS) is 1. The van der Waals surface area contributed by atoms with E-state index in [-0.39, 0.29) is 0 Å². The molecule has 0 aromatic heterocycles. The smallest absolute Gasteiger partial charge is 0.309 e. The van der Waals surface area contributed by atoms with Crippen LogP contribution < -0.4 is 0 Å². The van der Waals surface area contributed by atoms with Crippen molar-refractivity contribution in [3.8, 4) is 0 Å². The van der Waals surface area contributed by atoms with Crippen molar-refractivity contribution < 1.29 is 9.90 Å². The predicted molar refractivity (Wildman–Crippen MR) is 76.1 cm³/mol. The summed E-state index contributed by atoms with van der Waals surface area (Å²) in [6, 6.07) is 8.58. The molecule has 1 aromatic rings. The molecule has 0 unspecified atom stereocenters. The fraction of sp³-hybridized carbons (Fsp3) is 0.562. The molecule has 104 valence electrons. The second-order valence-corrected chi connectivity index (χ2v) is 6.09. The zero-order valence-corrected chi connectivity index (χ0v) is 11.9. The number of benzene rings is 1. The van der Waals surface area contributed by atoms with Crippen LogP contribution in [0.3, 0.4) is 0 Å². The molecule has 19 heavy (non-hydrogen) atoms. The summed E-state index contributed by atoms with van der Waals surface area (Å²) in [6.07, 6.45) is 2.99. The summed E-state index contributed by atoms with van der Waals surface area (Å²) in [6.45, 7) is 6.48. The lowest BCUT2D eigenvalue weighted by molar-refractivity contribution is -0.147. The van der Waals surface area contributed by atoms with Crippen LogP contribution in [0.2, 0.25) is 0 Å². The molecule has 3 nitrogen and oxygen atoms in total. The van der Waals surface area contributed by atoms with Crippen molar-refractivity contribution in [3.05, 3.63) is 35.4 Å². The molecule has 0 spiro atoms. The summed E-state index contributed by atoms with van der Waals surface area (Å²) in [5.41, 5.74) is 2.21. The van der Waals surface area contributed by atoms with E-state index in [1.807, 2.05) is 0 Å². The Labute approximate surface area is 115 Å². The van der Waals surface area contributed by atoms with Gasteiger partial charge in [0.15, 0.2) is 0 Å². The molecular formula is C16H23NO2. The largest absolute Gasteiger partial charge is 0.481 e. The van der Waals surface area contributed by atoms with Crippen LogP contribution in [0.25, 0.3) is 0 Å². The molecule has 0 fully saturated rings. The molecule has 0 amide bonds. The van der Waals surface area contributed by atoms with Gasteiger partial charge in [-0.1, -0.05) is 24.3 Å². The van der Waals surface area contributed by atoms with Gasteiger partial charge in [0, 0.05) is 6.54 Å². The van der Waals surface area contributed by atoms with Crippen molar-refractivity contribution in [2.75, 3.05) is 13.1 Å². The van der Waals surface area contributed by atoms with E-state index in [0.29, 0.717) is 6.42 Å². The molecular weight excluding hydrogens is 238 g/mol. The zero-order valence-electron chi connectivity index (χ0n) is 11.9. The Bertz CT molecular complexity index is 454. The average molecular weight is 261 g/mol. The highest BCUT2D eigenvalue weighted by Gasteiger charge is 2.27. The summed E-state index contributed by atoms with van der Waals surface area (Å²) in [5.74, 6) is -0.706. The van der Waals surface area contributed by atoms with E-state index in [1.54, 1.807) is 13.8 Å². The van der Waals surface area contributed by atoms with E-state index >= 15 is 0 Å². The molecule has 1 heterocycles. The summed E-state index contributed by atoms with van der Waals surface area (Å²) in [4.78, 5) is 13.5. The fourth-order valence-electron chi connectivity index (χ4n) is 2.50. The van der Waals surface area contributed by atoms with Crippen molar-refractivity contribution in [3.63, 3.8) is 0 Å². The monoisotopic (exact) mass is 261 g/mol. The zero-order chi connectivity index (χ0) is 13.9. The molecule has 0 aliphatic carbocycles. The second-order valence-electron chi connectivity index (χ2n) is 6.09. The minimum absolute atomic E-state index is 0.633. The Hall–Kier alpha value is -1.35. The molecule has 2 rings (SSSR count). The van der Waals surface area contributed by atoms with Crippen molar-refractivity contribution in [1.29, 1.82) is 0 Å². The molecule has 0 bridgehead atoms. The number of aliphatic carboxylic acids is 1. The van der Waals surface area contributed by atoms with Gasteiger partial charge in [-0.3, -0.25) is 9.69 Å². The van der Waals surface area contributed by atoms with Gasteiger partial charge in [0.2, 0.25) is 0 Å². The summed E-state index contributed by atoms with van der Waals surface area (Å²) >= 11 is 0. The SMILES string of the molecule is CC(C)(CCN1CCCc2ccccc2C1)C(=O)O. The first kappa shape index (κ1) is 14.1. The number of hydrogen-bond acceptors (Lipinski definition) is 2. The van der Waals surface area contributed by atoms with Crippen molar-refractivity contribution in [1.82, 2.24) is 4.90 Å². The van der Waals surface area contributed by atoms with Crippen molar-refractivity contribution in [2.45, 2.75) is 39.7 Å². The van der Waals surface area contributed by atoms with E-state index in [2.05, 4.69) is 29.2 Å². The number of nitrogens with zero attached hydrogens (tertiary/aromatic N) is 1. The third kappa shape index (κ3) is 3.57. The van der Waals surface area contributed by atoms with Crippen LogP contribution in [-0.4, -0.2) is 29.1 Å². The Morgan fingerprint density at radius 2 is 2.00 bits per heavy atom. The highest BCUT2D eigenvalue weighted by molar-refractivity contribution is 5.73. The molecule has 0 saturated carbocycles. The maximum Gasteiger partial charge on any atom is 0.309 e. The average Bonchev–Trinajstić information content (AvgIpc) is 2.58. The second kappa shape index (κ2) is 5.74. The topological polar surface area (TPSA) is 40.5 Å². The lowest BCUT2D eigenvalue weighted by Crippen LogP contribution is -2.32. The number of carboxylic acids is 1. The molecule has 1 N–H and O–H groups in total. The van der Waals surface area contributed by atoms with E-state index in [4.69, 9.17) is 5.11 Å². The first-order valence-electron chi connectivity index (χ1n) is 7.01. The lowest BCUT2D eigenvalue weighted by atomic mass is 9.89. The van der Waals surface area contributed by atoms with Crippen LogP contribution in [0.15, 0.2) is 24.3 Å². The number of carbonyl (C=O) groups is 1. The molecule has 0 saturated heterocycles. The van der Waals surface area contributed by atoms with Crippen LogP contribution in [0.4, 0.5) is 0 Å².